The Hall–Kier alpha value is -3.55. The van der Waals surface area contributed by atoms with E-state index in [1.807, 2.05) is 48.5 Å². The summed E-state index contributed by atoms with van der Waals surface area (Å²) in [6, 6.07) is 15.5. The Morgan fingerprint density at radius 2 is 1.54 bits per heavy atom. The summed E-state index contributed by atoms with van der Waals surface area (Å²) in [6.07, 6.45) is 0. The summed E-state index contributed by atoms with van der Waals surface area (Å²) in [6.45, 7) is 1.13. The highest BCUT2D eigenvalue weighted by Gasteiger charge is 2.07. The van der Waals surface area contributed by atoms with Crippen LogP contribution in [-0.4, -0.2) is 42.4 Å². The molecule has 8 nitrogen and oxygen atoms in total. The van der Waals surface area contributed by atoms with Crippen molar-refractivity contribution in [2.45, 2.75) is 13.1 Å². The molecule has 0 aliphatic heterocycles. The molecule has 0 aliphatic carbocycles. The first-order valence-electron chi connectivity index (χ1n) is 8.85. The number of nitrogens with zero attached hydrogens (tertiary/aromatic N) is 3. The van der Waals surface area contributed by atoms with Crippen molar-refractivity contribution in [1.29, 1.82) is 0 Å². The molecule has 1 heterocycles. The fourth-order valence-electron chi connectivity index (χ4n) is 2.56. The lowest BCUT2D eigenvalue weighted by Crippen LogP contribution is -2.36. The minimum absolute atomic E-state index is 0.478. The fraction of sp³-hybridized carbons (Fsp3) is 0.250. The molecular formula is C20H24N6O2. The monoisotopic (exact) mass is 380 g/mol. The SMILES string of the molecule is CN=C(NCc1ccc(OC)cc1)NCc1nc(-c2ccc(OC)cc2)n[nH]1. The zero-order valence-corrected chi connectivity index (χ0v) is 16.2. The maximum absolute atomic E-state index is 5.17. The summed E-state index contributed by atoms with van der Waals surface area (Å²) in [7, 11) is 5.02. The second kappa shape index (κ2) is 9.40. The number of nitrogens with one attached hydrogen (secondary N) is 3. The molecule has 0 atom stereocenters. The average molecular weight is 380 g/mol. The zero-order chi connectivity index (χ0) is 19.8. The summed E-state index contributed by atoms with van der Waals surface area (Å²) < 4.78 is 10.3. The largest absolute Gasteiger partial charge is 0.497 e. The number of rotatable bonds is 7. The molecule has 1 aromatic heterocycles. The molecule has 0 spiro atoms. The van der Waals surface area contributed by atoms with Crippen LogP contribution in [0, 0.1) is 0 Å². The van der Waals surface area contributed by atoms with Crippen LogP contribution in [0.1, 0.15) is 11.4 Å². The Labute approximate surface area is 164 Å². The van der Waals surface area contributed by atoms with E-state index >= 15 is 0 Å². The van der Waals surface area contributed by atoms with E-state index < -0.39 is 0 Å². The highest BCUT2D eigenvalue weighted by Crippen LogP contribution is 2.18. The topological polar surface area (TPSA) is 96.5 Å². The summed E-state index contributed by atoms with van der Waals surface area (Å²) in [5, 5.41) is 13.7. The molecule has 0 radical (unpaired) electrons. The smallest absolute Gasteiger partial charge is 0.191 e. The summed E-state index contributed by atoms with van der Waals surface area (Å²) in [4.78, 5) is 8.74. The summed E-state index contributed by atoms with van der Waals surface area (Å²) >= 11 is 0. The molecule has 0 fully saturated rings. The molecule has 28 heavy (non-hydrogen) atoms. The Bertz CT molecular complexity index is 903. The third kappa shape index (κ3) is 5.00. The van der Waals surface area contributed by atoms with Crippen LogP contribution < -0.4 is 20.1 Å². The van der Waals surface area contributed by atoms with Gasteiger partial charge in [0.2, 0.25) is 0 Å². The second-order valence-electron chi connectivity index (χ2n) is 5.96. The van der Waals surface area contributed by atoms with Gasteiger partial charge in [-0.05, 0) is 42.0 Å². The minimum Gasteiger partial charge on any atom is -0.497 e. The predicted octanol–water partition coefficient (Wildman–Crippen LogP) is 2.35. The van der Waals surface area contributed by atoms with Gasteiger partial charge < -0.3 is 20.1 Å². The van der Waals surface area contributed by atoms with Crippen molar-refractivity contribution in [2.24, 2.45) is 4.99 Å². The Morgan fingerprint density at radius 1 is 0.929 bits per heavy atom. The maximum atomic E-state index is 5.17. The van der Waals surface area contributed by atoms with E-state index in [2.05, 4.69) is 30.8 Å². The standard InChI is InChI=1S/C20H24N6O2/c1-21-20(22-12-14-4-8-16(27-2)9-5-14)23-13-18-24-19(26-25-18)15-6-10-17(28-3)11-7-15/h4-11H,12-13H2,1-3H3,(H2,21,22,23)(H,24,25,26). The first-order valence-corrected chi connectivity index (χ1v) is 8.85. The molecule has 146 valence electrons. The molecular weight excluding hydrogens is 356 g/mol. The number of aromatic nitrogens is 3. The fourth-order valence-corrected chi connectivity index (χ4v) is 2.56. The second-order valence-corrected chi connectivity index (χ2v) is 5.96. The van der Waals surface area contributed by atoms with E-state index in [1.165, 1.54) is 0 Å². The first-order chi connectivity index (χ1) is 13.7. The number of hydrogen-bond acceptors (Lipinski definition) is 5. The molecule has 3 N–H and O–H groups in total. The summed E-state index contributed by atoms with van der Waals surface area (Å²) in [5.41, 5.74) is 2.05. The van der Waals surface area contributed by atoms with Gasteiger partial charge in [0.25, 0.3) is 0 Å². The van der Waals surface area contributed by atoms with Crippen LogP contribution in [0.3, 0.4) is 0 Å². The number of ether oxygens (including phenoxy) is 2. The van der Waals surface area contributed by atoms with Crippen molar-refractivity contribution in [3.05, 3.63) is 59.9 Å². The molecule has 0 bridgehead atoms. The molecule has 8 heteroatoms. The number of aliphatic imine (C=N–C) groups is 1. The van der Waals surface area contributed by atoms with Gasteiger partial charge >= 0.3 is 0 Å². The molecule has 2 aromatic carbocycles. The van der Waals surface area contributed by atoms with E-state index in [0.717, 1.165) is 28.5 Å². The highest BCUT2D eigenvalue weighted by atomic mass is 16.5. The Kier molecular flexibility index (Phi) is 6.46. The van der Waals surface area contributed by atoms with E-state index in [9.17, 15) is 0 Å². The van der Waals surface area contributed by atoms with Gasteiger partial charge in [0, 0.05) is 19.2 Å². The minimum atomic E-state index is 0.478. The van der Waals surface area contributed by atoms with Crippen molar-refractivity contribution >= 4 is 5.96 Å². The quantitative estimate of drug-likeness (QED) is 0.430. The lowest BCUT2D eigenvalue weighted by atomic mass is 10.2. The Morgan fingerprint density at radius 3 is 2.14 bits per heavy atom. The highest BCUT2D eigenvalue weighted by molar-refractivity contribution is 5.79. The van der Waals surface area contributed by atoms with Crippen LogP contribution in [-0.2, 0) is 13.1 Å². The first kappa shape index (κ1) is 19.2. The maximum Gasteiger partial charge on any atom is 0.191 e. The molecule has 3 aromatic rings. The normalized spacial score (nSPS) is 11.2. The van der Waals surface area contributed by atoms with Gasteiger partial charge in [-0.25, -0.2) is 4.98 Å². The zero-order valence-electron chi connectivity index (χ0n) is 16.2. The third-order valence-corrected chi connectivity index (χ3v) is 4.15. The molecule has 0 aliphatic rings. The third-order valence-electron chi connectivity index (χ3n) is 4.15. The van der Waals surface area contributed by atoms with E-state index in [1.54, 1.807) is 21.3 Å². The number of hydrogen-bond donors (Lipinski definition) is 3. The van der Waals surface area contributed by atoms with Crippen molar-refractivity contribution in [1.82, 2.24) is 25.8 Å². The molecule has 0 saturated carbocycles. The number of aromatic amines is 1. The molecule has 0 unspecified atom stereocenters. The Balaban J connectivity index is 1.52. The van der Waals surface area contributed by atoms with Crippen LogP contribution in [0.15, 0.2) is 53.5 Å². The van der Waals surface area contributed by atoms with Crippen molar-refractivity contribution in [3.63, 3.8) is 0 Å². The van der Waals surface area contributed by atoms with Gasteiger partial charge in [-0.1, -0.05) is 12.1 Å². The van der Waals surface area contributed by atoms with Crippen LogP contribution in [0.2, 0.25) is 0 Å². The van der Waals surface area contributed by atoms with Crippen LogP contribution in [0.5, 0.6) is 11.5 Å². The van der Waals surface area contributed by atoms with Gasteiger partial charge in [-0.2, -0.15) is 5.10 Å². The van der Waals surface area contributed by atoms with E-state index in [0.29, 0.717) is 24.9 Å². The predicted molar refractivity (Wildman–Crippen MR) is 108 cm³/mol. The van der Waals surface area contributed by atoms with Crippen LogP contribution in [0.25, 0.3) is 11.4 Å². The molecule has 0 amide bonds. The summed E-state index contributed by atoms with van der Waals surface area (Å²) in [5.74, 6) is 3.68. The lowest BCUT2D eigenvalue weighted by molar-refractivity contribution is 0.414. The van der Waals surface area contributed by atoms with Crippen molar-refractivity contribution in [2.75, 3.05) is 21.3 Å². The number of guanidine groups is 1. The number of H-pyrrole nitrogens is 1. The van der Waals surface area contributed by atoms with Crippen LogP contribution in [0.4, 0.5) is 0 Å². The molecule has 0 saturated heterocycles. The van der Waals surface area contributed by atoms with Gasteiger partial charge in [0.05, 0.1) is 20.8 Å². The van der Waals surface area contributed by atoms with Gasteiger partial charge in [0.15, 0.2) is 11.8 Å². The van der Waals surface area contributed by atoms with Crippen molar-refractivity contribution in [3.8, 4) is 22.9 Å². The average Bonchev–Trinajstić information content (AvgIpc) is 3.23. The van der Waals surface area contributed by atoms with E-state index in [-0.39, 0.29) is 0 Å². The van der Waals surface area contributed by atoms with Gasteiger partial charge in [-0.3, -0.25) is 10.1 Å². The van der Waals surface area contributed by atoms with Gasteiger partial charge in [-0.15, -0.1) is 0 Å². The van der Waals surface area contributed by atoms with Gasteiger partial charge in [0.1, 0.15) is 17.3 Å². The number of benzene rings is 2. The molecule has 3 rings (SSSR count). The van der Waals surface area contributed by atoms with Crippen molar-refractivity contribution < 1.29 is 9.47 Å². The van der Waals surface area contributed by atoms with E-state index in [4.69, 9.17) is 9.47 Å². The number of methoxy groups -OCH3 is 2. The van der Waals surface area contributed by atoms with Crippen LogP contribution >= 0.6 is 0 Å². The lowest BCUT2D eigenvalue weighted by Gasteiger charge is -2.11.